The summed E-state index contributed by atoms with van der Waals surface area (Å²) >= 11 is 1.29. The van der Waals surface area contributed by atoms with Crippen LogP contribution in [0.3, 0.4) is 0 Å². The molecule has 1 amide bonds. The van der Waals surface area contributed by atoms with Gasteiger partial charge in [0.1, 0.15) is 6.10 Å². The van der Waals surface area contributed by atoms with Gasteiger partial charge in [-0.05, 0) is 86.5 Å². The van der Waals surface area contributed by atoms with Crippen LogP contribution in [-0.4, -0.2) is 65.4 Å². The zero-order valence-corrected chi connectivity index (χ0v) is 21.4. The van der Waals surface area contributed by atoms with E-state index in [1.807, 2.05) is 25.1 Å². The van der Waals surface area contributed by atoms with Crippen molar-refractivity contribution in [3.05, 3.63) is 64.3 Å². The zero-order chi connectivity index (χ0) is 25.4. The van der Waals surface area contributed by atoms with E-state index in [4.69, 9.17) is 4.74 Å². The molecule has 2 aromatic carbocycles. The number of amides is 1. The largest absolute Gasteiger partial charge is 0.487 e. The highest BCUT2D eigenvalue weighted by atomic mass is 32.1. The van der Waals surface area contributed by atoms with E-state index in [0.717, 1.165) is 54.4 Å². The van der Waals surface area contributed by atoms with Crippen LogP contribution in [0.4, 0.5) is 4.39 Å². The average molecular weight is 511 g/mol. The fourth-order valence-corrected chi connectivity index (χ4v) is 5.81. The topological polar surface area (TPSA) is 70.1 Å². The molecule has 2 fully saturated rings. The molecule has 1 N–H and O–H groups in total. The van der Waals surface area contributed by atoms with Crippen molar-refractivity contribution < 1.29 is 23.8 Å². The van der Waals surface area contributed by atoms with E-state index in [2.05, 4.69) is 4.90 Å². The summed E-state index contributed by atoms with van der Waals surface area (Å²) in [6.07, 6.45) is 2.82. The lowest BCUT2D eigenvalue weighted by molar-refractivity contribution is -0.130. The highest BCUT2D eigenvalue weighted by Gasteiger charge is 2.35. The van der Waals surface area contributed by atoms with E-state index >= 15 is 0 Å². The number of aliphatic hydroxyl groups is 1. The summed E-state index contributed by atoms with van der Waals surface area (Å²) < 4.78 is 21.3. The first-order chi connectivity index (χ1) is 17.3. The molecule has 1 saturated heterocycles. The van der Waals surface area contributed by atoms with Gasteiger partial charge in [-0.3, -0.25) is 9.59 Å². The van der Waals surface area contributed by atoms with Gasteiger partial charge >= 0.3 is 0 Å². The predicted molar refractivity (Wildman–Crippen MR) is 138 cm³/mol. The van der Waals surface area contributed by atoms with E-state index in [0.29, 0.717) is 17.0 Å². The minimum Gasteiger partial charge on any atom is -0.487 e. The Morgan fingerprint density at radius 2 is 1.92 bits per heavy atom. The molecule has 6 nitrogen and oxygen atoms in total. The van der Waals surface area contributed by atoms with Crippen molar-refractivity contribution in [3.8, 4) is 5.75 Å². The van der Waals surface area contributed by atoms with Crippen molar-refractivity contribution in [1.29, 1.82) is 0 Å². The molecule has 2 heterocycles. The first-order valence-electron chi connectivity index (χ1n) is 12.5. The average Bonchev–Trinajstić information content (AvgIpc) is 3.35. The number of Topliss-reactive ketones (excluding diaryl/α,β-unsaturated/α-hetero) is 1. The van der Waals surface area contributed by atoms with Crippen LogP contribution in [0.2, 0.25) is 0 Å². The predicted octanol–water partition coefficient (Wildman–Crippen LogP) is 4.73. The standard InChI is InChI=1S/C28H31FN2O4S/c1-17-5-6-18-15-25(36-24(18)13-17)27(33)28(34)30(2)22(16-31-11-3-4-12-31)26(32)19-7-10-23(21(29)14-19)35-20-8-9-20/h5-7,10,13-15,20,22,26,32H,3-4,8-9,11-12,16H2,1-2H3/t22-,26-/m1/s1. The summed E-state index contributed by atoms with van der Waals surface area (Å²) in [6.45, 7) is 4.09. The molecule has 1 aliphatic carbocycles. The number of benzene rings is 2. The molecule has 5 rings (SSSR count). The fraction of sp³-hybridized carbons (Fsp3) is 0.429. The molecular formula is C28H31FN2O4S. The Bertz CT molecular complexity index is 1280. The first-order valence-corrected chi connectivity index (χ1v) is 13.3. The second-order valence-electron chi connectivity index (χ2n) is 9.92. The molecule has 3 aromatic rings. The third-order valence-corrected chi connectivity index (χ3v) is 8.13. The quantitative estimate of drug-likeness (QED) is 0.333. The normalized spacial score (nSPS) is 17.8. The number of likely N-dealkylation sites (tertiary alicyclic amines) is 1. The van der Waals surface area contributed by atoms with Gasteiger partial charge < -0.3 is 19.6 Å². The molecule has 1 aromatic heterocycles. The molecular weight excluding hydrogens is 479 g/mol. The molecule has 8 heteroatoms. The minimum absolute atomic E-state index is 0.0609. The van der Waals surface area contributed by atoms with Crippen LogP contribution in [0.5, 0.6) is 5.75 Å². The first kappa shape index (κ1) is 24.9. The monoisotopic (exact) mass is 510 g/mol. The highest BCUT2D eigenvalue weighted by molar-refractivity contribution is 7.21. The number of rotatable bonds is 9. The van der Waals surface area contributed by atoms with Gasteiger partial charge in [-0.25, -0.2) is 4.39 Å². The maximum atomic E-state index is 14.7. The van der Waals surface area contributed by atoms with Crippen molar-refractivity contribution in [1.82, 2.24) is 9.80 Å². The van der Waals surface area contributed by atoms with Gasteiger partial charge in [-0.15, -0.1) is 11.3 Å². The van der Waals surface area contributed by atoms with Crippen molar-refractivity contribution in [3.63, 3.8) is 0 Å². The maximum Gasteiger partial charge on any atom is 0.295 e. The summed E-state index contributed by atoms with van der Waals surface area (Å²) in [5.74, 6) is -1.65. The molecule has 2 aliphatic rings. The zero-order valence-electron chi connectivity index (χ0n) is 20.6. The van der Waals surface area contributed by atoms with Crippen LogP contribution < -0.4 is 4.74 Å². The second-order valence-corrected chi connectivity index (χ2v) is 11.0. The molecule has 0 bridgehead atoms. The third-order valence-electron chi connectivity index (χ3n) is 7.04. The van der Waals surface area contributed by atoms with Crippen LogP contribution in [-0.2, 0) is 4.79 Å². The molecule has 0 radical (unpaired) electrons. The molecule has 190 valence electrons. The van der Waals surface area contributed by atoms with Gasteiger partial charge in [0.05, 0.1) is 17.0 Å². The van der Waals surface area contributed by atoms with Gasteiger partial charge in [0.2, 0.25) is 0 Å². The number of thiophene rings is 1. The van der Waals surface area contributed by atoms with E-state index in [1.54, 1.807) is 19.2 Å². The number of hydrogen-bond donors (Lipinski definition) is 1. The SMILES string of the molecule is Cc1ccc2cc(C(=O)C(=O)N(C)[C@H](CN3CCCC3)[C@H](O)c3ccc(OC4CC4)c(F)c3)sc2c1. The Balaban J connectivity index is 1.38. The number of nitrogens with zero attached hydrogens (tertiary/aromatic N) is 2. The smallest absolute Gasteiger partial charge is 0.295 e. The molecule has 0 unspecified atom stereocenters. The van der Waals surface area contributed by atoms with Crippen molar-refractivity contribution >= 4 is 33.1 Å². The van der Waals surface area contributed by atoms with Gasteiger partial charge in [0.25, 0.3) is 11.7 Å². The van der Waals surface area contributed by atoms with E-state index < -0.39 is 29.7 Å². The number of fused-ring (bicyclic) bond motifs is 1. The Hall–Kier alpha value is -2.81. The Labute approximate surface area is 214 Å². The molecule has 1 aliphatic heterocycles. The summed E-state index contributed by atoms with van der Waals surface area (Å²) in [4.78, 5) is 30.4. The van der Waals surface area contributed by atoms with Gasteiger partial charge in [-0.2, -0.15) is 0 Å². The van der Waals surface area contributed by atoms with Gasteiger partial charge in [-0.1, -0.05) is 18.2 Å². The summed E-state index contributed by atoms with van der Waals surface area (Å²) in [7, 11) is 1.54. The van der Waals surface area contributed by atoms with Crippen LogP contribution in [0.1, 0.15) is 52.6 Å². The van der Waals surface area contributed by atoms with Crippen LogP contribution in [0.15, 0.2) is 42.5 Å². The molecule has 0 spiro atoms. The lowest BCUT2D eigenvalue weighted by Gasteiger charge is -2.34. The molecule has 1 saturated carbocycles. The number of ketones is 1. The Kier molecular flexibility index (Phi) is 7.10. The number of carbonyl (C=O) groups excluding carboxylic acids is 2. The van der Waals surface area contributed by atoms with E-state index in [-0.39, 0.29) is 11.9 Å². The van der Waals surface area contributed by atoms with Crippen LogP contribution >= 0.6 is 11.3 Å². The third kappa shape index (κ3) is 5.31. The Morgan fingerprint density at radius 3 is 2.61 bits per heavy atom. The van der Waals surface area contributed by atoms with Crippen LogP contribution in [0.25, 0.3) is 10.1 Å². The van der Waals surface area contributed by atoms with Crippen molar-refractivity contribution in [2.24, 2.45) is 0 Å². The lowest BCUT2D eigenvalue weighted by atomic mass is 9.99. The number of halogens is 1. The second kappa shape index (κ2) is 10.3. The summed E-state index contributed by atoms with van der Waals surface area (Å²) in [5, 5.41) is 12.2. The highest BCUT2D eigenvalue weighted by Crippen LogP contribution is 2.32. The number of aryl methyl sites for hydroxylation is 1. The lowest BCUT2D eigenvalue weighted by Crippen LogP contribution is -2.49. The van der Waals surface area contributed by atoms with Crippen molar-refractivity contribution in [2.45, 2.75) is 50.9 Å². The van der Waals surface area contributed by atoms with Gasteiger partial charge in [0, 0.05) is 18.3 Å². The van der Waals surface area contributed by atoms with Crippen LogP contribution in [0, 0.1) is 12.7 Å². The Morgan fingerprint density at radius 1 is 1.17 bits per heavy atom. The summed E-state index contributed by atoms with van der Waals surface area (Å²) in [6, 6.07) is 11.4. The fourth-order valence-electron chi connectivity index (χ4n) is 4.71. The number of aliphatic hydroxyl groups excluding tert-OH is 1. The minimum atomic E-state index is -1.16. The van der Waals surface area contributed by atoms with E-state index in [9.17, 15) is 19.1 Å². The van der Waals surface area contributed by atoms with Gasteiger partial charge in [0.15, 0.2) is 11.6 Å². The number of carbonyl (C=O) groups is 2. The maximum absolute atomic E-state index is 14.7. The molecule has 36 heavy (non-hydrogen) atoms. The molecule has 2 atom stereocenters. The van der Waals surface area contributed by atoms with Crippen molar-refractivity contribution in [2.75, 3.05) is 26.7 Å². The summed E-state index contributed by atoms with van der Waals surface area (Å²) in [5.41, 5.74) is 1.44. The number of ether oxygens (including phenoxy) is 1. The van der Waals surface area contributed by atoms with E-state index in [1.165, 1.54) is 28.4 Å². The number of hydrogen-bond acceptors (Lipinski definition) is 6. The number of likely N-dealkylation sites (N-methyl/N-ethyl adjacent to an activating group) is 1.